The first-order valence-corrected chi connectivity index (χ1v) is 8.90. The van der Waals surface area contributed by atoms with E-state index in [1.807, 2.05) is 12.1 Å². The molecule has 0 heterocycles. The van der Waals surface area contributed by atoms with E-state index in [0.717, 1.165) is 11.6 Å². The van der Waals surface area contributed by atoms with Crippen molar-refractivity contribution in [3.8, 4) is 0 Å². The fourth-order valence-electron chi connectivity index (χ4n) is 2.09. The van der Waals surface area contributed by atoms with Crippen LogP contribution in [0.2, 0.25) is 5.02 Å². The molecule has 24 heavy (non-hydrogen) atoms. The van der Waals surface area contributed by atoms with Crippen LogP contribution in [0.15, 0.2) is 47.4 Å². The molecule has 0 aliphatic carbocycles. The van der Waals surface area contributed by atoms with E-state index in [0.29, 0.717) is 18.0 Å². The van der Waals surface area contributed by atoms with E-state index in [2.05, 4.69) is 10.0 Å². The number of hydrogen-bond acceptors (Lipinski definition) is 5. The SMILES string of the molecule is CNS(=O)(=O)c1ccc(NCCc2ccc(Cl)cc2)c([N+](=O)[O-])c1. The van der Waals surface area contributed by atoms with Gasteiger partial charge in [-0.05, 0) is 43.3 Å². The largest absolute Gasteiger partial charge is 0.379 e. The summed E-state index contributed by atoms with van der Waals surface area (Å²) in [6, 6.07) is 11.1. The average Bonchev–Trinajstić information content (AvgIpc) is 2.56. The van der Waals surface area contributed by atoms with Crippen LogP contribution in [0, 0.1) is 10.1 Å². The van der Waals surface area contributed by atoms with Crippen molar-refractivity contribution in [2.75, 3.05) is 18.9 Å². The van der Waals surface area contributed by atoms with Crippen molar-refractivity contribution >= 4 is 33.0 Å². The minimum absolute atomic E-state index is 0.153. The topological polar surface area (TPSA) is 101 Å². The molecular weight excluding hydrogens is 354 g/mol. The summed E-state index contributed by atoms with van der Waals surface area (Å²) in [6.45, 7) is 0.459. The third-order valence-corrected chi connectivity index (χ3v) is 5.05. The van der Waals surface area contributed by atoms with Crippen molar-refractivity contribution < 1.29 is 13.3 Å². The number of benzene rings is 2. The Morgan fingerprint density at radius 1 is 1.17 bits per heavy atom. The van der Waals surface area contributed by atoms with Crippen molar-refractivity contribution in [2.45, 2.75) is 11.3 Å². The molecular formula is C15H16ClN3O4S. The molecule has 0 aliphatic rings. The lowest BCUT2D eigenvalue weighted by Gasteiger charge is -2.09. The van der Waals surface area contributed by atoms with E-state index in [1.54, 1.807) is 12.1 Å². The zero-order chi connectivity index (χ0) is 17.7. The summed E-state index contributed by atoms with van der Waals surface area (Å²) in [7, 11) is -2.48. The number of nitro benzene ring substituents is 1. The Kier molecular flexibility index (Phi) is 5.76. The Bertz CT molecular complexity index is 838. The molecule has 0 fully saturated rings. The van der Waals surface area contributed by atoms with Gasteiger partial charge in [0.25, 0.3) is 5.69 Å². The number of nitro groups is 1. The fraction of sp³-hybridized carbons (Fsp3) is 0.200. The van der Waals surface area contributed by atoms with Crippen LogP contribution in [0.5, 0.6) is 0 Å². The first kappa shape index (κ1) is 18.2. The third-order valence-electron chi connectivity index (χ3n) is 3.39. The molecule has 128 valence electrons. The number of rotatable bonds is 7. The summed E-state index contributed by atoms with van der Waals surface area (Å²) in [5.74, 6) is 0. The maximum absolute atomic E-state index is 11.7. The van der Waals surface area contributed by atoms with Gasteiger partial charge in [0.2, 0.25) is 10.0 Å². The van der Waals surface area contributed by atoms with Crippen molar-refractivity contribution in [1.82, 2.24) is 4.72 Å². The molecule has 0 aromatic heterocycles. The smallest absolute Gasteiger partial charge is 0.293 e. The van der Waals surface area contributed by atoms with Crippen molar-refractivity contribution in [3.63, 3.8) is 0 Å². The highest BCUT2D eigenvalue weighted by molar-refractivity contribution is 7.89. The Labute approximate surface area is 144 Å². The monoisotopic (exact) mass is 369 g/mol. The number of halogens is 1. The van der Waals surface area contributed by atoms with E-state index in [-0.39, 0.29) is 16.3 Å². The lowest BCUT2D eigenvalue weighted by atomic mass is 10.1. The summed E-state index contributed by atoms with van der Waals surface area (Å²) in [4.78, 5) is 10.4. The molecule has 0 unspecified atom stereocenters. The number of nitrogens with zero attached hydrogens (tertiary/aromatic N) is 1. The van der Waals surface area contributed by atoms with Gasteiger partial charge in [-0.15, -0.1) is 0 Å². The lowest BCUT2D eigenvalue weighted by Crippen LogP contribution is -2.19. The van der Waals surface area contributed by atoms with Gasteiger partial charge in [0.15, 0.2) is 0 Å². The summed E-state index contributed by atoms with van der Waals surface area (Å²) in [5.41, 5.74) is 1.01. The minimum atomic E-state index is -3.73. The van der Waals surface area contributed by atoms with Crippen LogP contribution in [0.25, 0.3) is 0 Å². The molecule has 2 rings (SSSR count). The second-order valence-electron chi connectivity index (χ2n) is 4.95. The third kappa shape index (κ3) is 4.44. The van der Waals surface area contributed by atoms with Gasteiger partial charge >= 0.3 is 0 Å². The van der Waals surface area contributed by atoms with Crippen LogP contribution in [0.4, 0.5) is 11.4 Å². The highest BCUT2D eigenvalue weighted by atomic mass is 35.5. The van der Waals surface area contributed by atoms with Gasteiger partial charge in [-0.2, -0.15) is 0 Å². The summed E-state index contributed by atoms with van der Waals surface area (Å²) < 4.78 is 25.6. The van der Waals surface area contributed by atoms with Crippen molar-refractivity contribution in [3.05, 3.63) is 63.2 Å². The van der Waals surface area contributed by atoms with E-state index in [9.17, 15) is 18.5 Å². The first-order valence-electron chi connectivity index (χ1n) is 7.04. The molecule has 0 bridgehead atoms. The molecule has 0 spiro atoms. The zero-order valence-electron chi connectivity index (χ0n) is 12.8. The first-order chi connectivity index (χ1) is 11.3. The summed E-state index contributed by atoms with van der Waals surface area (Å²) >= 11 is 5.82. The Hall–Kier alpha value is -2.16. The minimum Gasteiger partial charge on any atom is -0.379 e. The van der Waals surface area contributed by atoms with Crippen LogP contribution in [-0.2, 0) is 16.4 Å². The number of nitrogens with one attached hydrogen (secondary N) is 2. The van der Waals surface area contributed by atoms with Crippen molar-refractivity contribution in [1.29, 1.82) is 0 Å². The van der Waals surface area contributed by atoms with Crippen LogP contribution in [0.1, 0.15) is 5.56 Å². The van der Waals surface area contributed by atoms with E-state index in [4.69, 9.17) is 11.6 Å². The average molecular weight is 370 g/mol. The zero-order valence-corrected chi connectivity index (χ0v) is 14.4. The van der Waals surface area contributed by atoms with Gasteiger partial charge in [0.05, 0.1) is 9.82 Å². The van der Waals surface area contributed by atoms with Gasteiger partial charge in [-0.1, -0.05) is 23.7 Å². The second kappa shape index (κ2) is 7.61. The maximum Gasteiger partial charge on any atom is 0.293 e. The van der Waals surface area contributed by atoms with Gasteiger partial charge in [0, 0.05) is 17.6 Å². The van der Waals surface area contributed by atoms with Gasteiger partial charge in [0.1, 0.15) is 5.69 Å². The quantitative estimate of drug-likeness (QED) is 0.577. The number of anilines is 1. The van der Waals surface area contributed by atoms with Crippen LogP contribution >= 0.6 is 11.6 Å². The molecule has 2 N–H and O–H groups in total. The fourth-order valence-corrected chi connectivity index (χ4v) is 2.97. The Balaban J connectivity index is 2.14. The normalized spacial score (nSPS) is 11.2. The van der Waals surface area contributed by atoms with Crippen LogP contribution in [-0.4, -0.2) is 26.9 Å². The van der Waals surface area contributed by atoms with Crippen LogP contribution < -0.4 is 10.0 Å². The van der Waals surface area contributed by atoms with Gasteiger partial charge < -0.3 is 5.32 Å². The summed E-state index contributed by atoms with van der Waals surface area (Å²) in [6.07, 6.45) is 0.644. The Morgan fingerprint density at radius 3 is 2.42 bits per heavy atom. The molecule has 0 aliphatic heterocycles. The van der Waals surface area contributed by atoms with E-state index < -0.39 is 14.9 Å². The highest BCUT2D eigenvalue weighted by Gasteiger charge is 2.20. The molecule has 0 amide bonds. The highest BCUT2D eigenvalue weighted by Crippen LogP contribution is 2.27. The Morgan fingerprint density at radius 2 is 1.83 bits per heavy atom. The summed E-state index contributed by atoms with van der Waals surface area (Å²) in [5, 5.41) is 14.8. The molecule has 0 saturated heterocycles. The molecule has 9 heteroatoms. The molecule has 2 aromatic rings. The van der Waals surface area contributed by atoms with Gasteiger partial charge in [-0.3, -0.25) is 10.1 Å². The molecule has 2 aromatic carbocycles. The second-order valence-corrected chi connectivity index (χ2v) is 7.27. The number of hydrogen-bond donors (Lipinski definition) is 2. The molecule has 0 atom stereocenters. The maximum atomic E-state index is 11.7. The number of sulfonamides is 1. The molecule has 0 saturated carbocycles. The standard InChI is InChI=1S/C15H16ClN3O4S/c1-17-24(22,23)13-6-7-14(15(10-13)19(20)21)18-9-8-11-2-4-12(16)5-3-11/h2-7,10,17-18H,8-9H2,1H3. The van der Waals surface area contributed by atoms with Crippen molar-refractivity contribution in [2.24, 2.45) is 0 Å². The predicted octanol–water partition coefficient (Wildman–Crippen LogP) is 2.81. The van der Waals surface area contributed by atoms with E-state index in [1.165, 1.54) is 19.2 Å². The predicted molar refractivity (Wildman–Crippen MR) is 93.0 cm³/mol. The van der Waals surface area contributed by atoms with Gasteiger partial charge in [-0.25, -0.2) is 13.1 Å². The molecule has 7 nitrogen and oxygen atoms in total. The molecule has 0 radical (unpaired) electrons. The lowest BCUT2D eigenvalue weighted by molar-refractivity contribution is -0.384. The van der Waals surface area contributed by atoms with E-state index >= 15 is 0 Å². The van der Waals surface area contributed by atoms with Crippen LogP contribution in [0.3, 0.4) is 0 Å².